The average molecular weight is 670 g/mol. The highest BCUT2D eigenvalue weighted by Gasteiger charge is 2.30. The lowest BCUT2D eigenvalue weighted by atomic mass is 9.98. The van der Waals surface area contributed by atoms with Crippen molar-refractivity contribution < 1.29 is 33.8 Å². The molecule has 1 fully saturated rings. The number of aromatic hydroxyl groups is 1. The van der Waals surface area contributed by atoms with Crippen LogP contribution in [0.15, 0.2) is 60.7 Å². The van der Waals surface area contributed by atoms with Crippen LogP contribution in [0.25, 0.3) is 11.1 Å². The summed E-state index contributed by atoms with van der Waals surface area (Å²) in [6.07, 6.45) is 1.84. The number of ether oxygens (including phenoxy) is 2. The number of carbonyl (C=O) groups is 4. The number of rotatable bonds is 3. The molecule has 4 bridgehead atoms. The number of nitrogens with one attached hydrogen (secondary N) is 2. The van der Waals surface area contributed by atoms with Crippen LogP contribution in [0.3, 0.4) is 0 Å². The Hall–Kier alpha value is -5.10. The van der Waals surface area contributed by atoms with Gasteiger partial charge >= 0.3 is 0 Å². The van der Waals surface area contributed by atoms with E-state index in [2.05, 4.69) is 10.6 Å². The molecule has 258 valence electrons. The van der Waals surface area contributed by atoms with Crippen molar-refractivity contribution in [2.24, 2.45) is 0 Å². The molecule has 12 heteroatoms. The zero-order valence-electron chi connectivity index (χ0n) is 27.8. The lowest BCUT2D eigenvalue weighted by molar-refractivity contribution is -0.136. The van der Waals surface area contributed by atoms with Crippen molar-refractivity contribution in [3.05, 3.63) is 77.4 Å². The summed E-state index contributed by atoms with van der Waals surface area (Å²) < 4.78 is 11.4. The highest BCUT2D eigenvalue weighted by atomic mass is 16.5. The molecule has 1 saturated heterocycles. The minimum atomic E-state index is -0.302. The maximum absolute atomic E-state index is 13.8. The molecule has 3 aromatic rings. The Morgan fingerprint density at radius 3 is 2.55 bits per heavy atom. The van der Waals surface area contributed by atoms with Gasteiger partial charge in [-0.3, -0.25) is 19.2 Å². The van der Waals surface area contributed by atoms with Gasteiger partial charge in [-0.05, 0) is 72.9 Å². The summed E-state index contributed by atoms with van der Waals surface area (Å²) in [7, 11) is 1.89. The predicted molar refractivity (Wildman–Crippen MR) is 184 cm³/mol. The quantitative estimate of drug-likeness (QED) is 0.387. The average Bonchev–Trinajstić information content (AvgIpc) is 3.12. The molecule has 3 heterocycles. The number of amides is 4. The second kappa shape index (κ2) is 15.4. The number of carbonyl (C=O) groups excluding carboxylic acids is 4. The van der Waals surface area contributed by atoms with Crippen molar-refractivity contribution >= 4 is 29.3 Å². The van der Waals surface area contributed by atoms with E-state index in [0.29, 0.717) is 87.6 Å². The van der Waals surface area contributed by atoms with Crippen LogP contribution in [0.1, 0.15) is 45.5 Å². The number of phenolic OH excluding ortho intramolecular Hbond substituents is 1. The molecule has 12 nitrogen and oxygen atoms in total. The zero-order valence-corrected chi connectivity index (χ0v) is 27.8. The summed E-state index contributed by atoms with van der Waals surface area (Å²) in [5.41, 5.74) is 4.02. The third-order valence-corrected chi connectivity index (χ3v) is 9.33. The number of hydrogen-bond donors (Lipinski definition) is 3. The van der Waals surface area contributed by atoms with E-state index in [1.165, 1.54) is 0 Å². The molecular weight excluding hydrogens is 626 g/mol. The van der Waals surface area contributed by atoms with Crippen LogP contribution in [-0.4, -0.2) is 111 Å². The smallest absolute Gasteiger partial charge is 0.254 e. The molecule has 6 rings (SSSR count). The Morgan fingerprint density at radius 1 is 0.898 bits per heavy atom. The summed E-state index contributed by atoms with van der Waals surface area (Å²) in [6, 6.07) is 17.5. The fraction of sp³-hybridized carbons (Fsp3) is 0.405. The molecule has 3 aliphatic rings. The Labute approximate surface area is 286 Å². The minimum Gasteiger partial charge on any atom is -0.507 e. The van der Waals surface area contributed by atoms with Gasteiger partial charge in [0.05, 0.1) is 37.9 Å². The number of phenols is 1. The van der Waals surface area contributed by atoms with Crippen molar-refractivity contribution in [3.8, 4) is 22.6 Å². The van der Waals surface area contributed by atoms with Gasteiger partial charge in [0.1, 0.15) is 18.1 Å². The fourth-order valence-electron chi connectivity index (χ4n) is 6.42. The lowest BCUT2D eigenvalue weighted by Crippen LogP contribution is -2.47. The van der Waals surface area contributed by atoms with Crippen molar-refractivity contribution in [2.75, 3.05) is 71.0 Å². The molecule has 3 aliphatic heterocycles. The molecule has 1 atom stereocenters. The monoisotopic (exact) mass is 669 g/mol. The van der Waals surface area contributed by atoms with E-state index in [0.717, 1.165) is 16.8 Å². The largest absolute Gasteiger partial charge is 0.507 e. The summed E-state index contributed by atoms with van der Waals surface area (Å²) in [5, 5.41) is 16.4. The second-order valence-electron chi connectivity index (χ2n) is 12.7. The van der Waals surface area contributed by atoms with E-state index in [1.54, 1.807) is 52.3 Å². The van der Waals surface area contributed by atoms with E-state index in [1.807, 2.05) is 30.1 Å². The summed E-state index contributed by atoms with van der Waals surface area (Å²) in [6.45, 7) is 3.42. The Balaban J connectivity index is 1.13. The van der Waals surface area contributed by atoms with Crippen molar-refractivity contribution in [1.29, 1.82) is 0 Å². The minimum absolute atomic E-state index is 0.0670. The van der Waals surface area contributed by atoms with Crippen LogP contribution >= 0.6 is 0 Å². The topological polar surface area (TPSA) is 141 Å². The van der Waals surface area contributed by atoms with E-state index in [9.17, 15) is 24.3 Å². The zero-order chi connectivity index (χ0) is 34.3. The van der Waals surface area contributed by atoms with Gasteiger partial charge in [-0.1, -0.05) is 18.2 Å². The molecule has 0 saturated carbocycles. The van der Waals surface area contributed by atoms with E-state index in [4.69, 9.17) is 9.47 Å². The van der Waals surface area contributed by atoms with Crippen molar-refractivity contribution in [2.45, 2.75) is 31.7 Å². The first-order valence-corrected chi connectivity index (χ1v) is 16.9. The second-order valence-corrected chi connectivity index (χ2v) is 12.7. The normalized spacial score (nSPS) is 19.0. The van der Waals surface area contributed by atoms with Gasteiger partial charge in [-0.15, -0.1) is 0 Å². The lowest BCUT2D eigenvalue weighted by Gasteiger charge is -2.37. The third-order valence-electron chi connectivity index (χ3n) is 9.33. The molecule has 3 aromatic carbocycles. The predicted octanol–water partition coefficient (Wildman–Crippen LogP) is 2.83. The van der Waals surface area contributed by atoms with Gasteiger partial charge in [0.2, 0.25) is 11.8 Å². The molecule has 1 unspecified atom stereocenters. The van der Waals surface area contributed by atoms with Crippen LogP contribution in [-0.2, 0) is 20.7 Å². The maximum Gasteiger partial charge on any atom is 0.254 e. The SMILES string of the molecule is CN1c2cc(C(=O)N3CCOCC3)ccc2OCC1CC(=O)N1CCCCNC(=O)c2cccc(c2)-c2cc(ccc2O)CCNC(=O)C1. The molecule has 0 aliphatic carbocycles. The third kappa shape index (κ3) is 8.14. The molecule has 4 amide bonds. The number of anilines is 1. The number of fused-ring (bicyclic) bond motifs is 6. The molecule has 3 N–H and O–H groups in total. The van der Waals surface area contributed by atoms with Crippen LogP contribution in [0.4, 0.5) is 5.69 Å². The summed E-state index contributed by atoms with van der Waals surface area (Å²) in [5.74, 6) is 0.0183. The van der Waals surface area contributed by atoms with Crippen molar-refractivity contribution in [3.63, 3.8) is 0 Å². The van der Waals surface area contributed by atoms with E-state index >= 15 is 0 Å². The van der Waals surface area contributed by atoms with Crippen LogP contribution in [0.2, 0.25) is 0 Å². The van der Waals surface area contributed by atoms with Crippen LogP contribution in [0, 0.1) is 0 Å². The standard InChI is InChI=1S/C37H43N5O7/c1-40-29(24-49-33-10-8-28(21-31(33)40)37(47)41-15-17-48-18-16-41)22-35(45)42-14-3-2-12-39-36(46)27-6-4-5-26(20-27)30-19-25(7-9-32(30)43)11-13-38-34(44)23-42/h4-10,19-21,29,43H,2-3,11-18,22-24H2,1H3,(H,38,44)(H,39,46). The van der Waals surface area contributed by atoms with E-state index < -0.39 is 0 Å². The number of nitrogens with zero attached hydrogens (tertiary/aromatic N) is 3. The van der Waals surface area contributed by atoms with Gasteiger partial charge in [0.15, 0.2) is 0 Å². The number of likely N-dealkylation sites (N-methyl/N-ethyl adjacent to an activating group) is 1. The molecule has 0 spiro atoms. The molecule has 0 aromatic heterocycles. The highest BCUT2D eigenvalue weighted by molar-refractivity contribution is 5.96. The molecule has 49 heavy (non-hydrogen) atoms. The van der Waals surface area contributed by atoms with Crippen molar-refractivity contribution in [1.82, 2.24) is 20.4 Å². The van der Waals surface area contributed by atoms with Gasteiger partial charge < -0.3 is 39.9 Å². The van der Waals surface area contributed by atoms with Crippen LogP contribution < -0.4 is 20.3 Å². The summed E-state index contributed by atoms with van der Waals surface area (Å²) >= 11 is 0. The molecule has 0 radical (unpaired) electrons. The first kappa shape index (κ1) is 33.8. The Kier molecular flexibility index (Phi) is 10.6. The van der Waals surface area contributed by atoms with Gasteiger partial charge in [0.25, 0.3) is 11.8 Å². The Morgan fingerprint density at radius 2 is 1.71 bits per heavy atom. The first-order valence-electron chi connectivity index (χ1n) is 16.9. The maximum atomic E-state index is 13.8. The fourth-order valence-corrected chi connectivity index (χ4v) is 6.42. The highest BCUT2D eigenvalue weighted by Crippen LogP contribution is 2.35. The van der Waals surface area contributed by atoms with Gasteiger partial charge in [0, 0.05) is 56.5 Å². The van der Waals surface area contributed by atoms with Crippen LogP contribution in [0.5, 0.6) is 11.5 Å². The number of hydrogen-bond acceptors (Lipinski definition) is 8. The van der Waals surface area contributed by atoms with E-state index in [-0.39, 0.29) is 55.0 Å². The number of benzene rings is 3. The Bertz CT molecular complexity index is 1710. The molecular formula is C37H43N5O7. The number of morpholine rings is 1. The van der Waals surface area contributed by atoms with Gasteiger partial charge in [-0.25, -0.2) is 0 Å². The first-order chi connectivity index (χ1) is 23.8. The van der Waals surface area contributed by atoms with Gasteiger partial charge in [-0.2, -0.15) is 0 Å². The summed E-state index contributed by atoms with van der Waals surface area (Å²) in [4.78, 5) is 58.3.